The van der Waals surface area contributed by atoms with Crippen molar-refractivity contribution in [1.29, 1.82) is 0 Å². The Kier molecular flexibility index (Phi) is 7.23. The van der Waals surface area contributed by atoms with Gasteiger partial charge < -0.3 is 15.0 Å². The zero-order valence-electron chi connectivity index (χ0n) is 13.9. The average Bonchev–Trinajstić information content (AvgIpc) is 2.55. The number of likely N-dealkylation sites (N-methyl/N-ethyl adjacent to an activating group) is 1. The monoisotopic (exact) mass is 428 g/mol. The zero-order chi connectivity index (χ0) is 18.4. The molecule has 25 heavy (non-hydrogen) atoms. The molecule has 1 unspecified atom stereocenters. The SMILES string of the molecule is CN(C)C(CNC(=O)COc1ccc(Br)cc1F)c1ccccc1Cl. The number of halogens is 3. The average molecular weight is 430 g/mol. The van der Waals surface area contributed by atoms with Crippen LogP contribution < -0.4 is 10.1 Å². The molecule has 0 spiro atoms. The molecule has 0 bridgehead atoms. The molecule has 0 fully saturated rings. The topological polar surface area (TPSA) is 41.6 Å². The van der Waals surface area contributed by atoms with Gasteiger partial charge in [-0.15, -0.1) is 0 Å². The van der Waals surface area contributed by atoms with Crippen LogP contribution in [-0.4, -0.2) is 38.1 Å². The highest BCUT2D eigenvalue weighted by atomic mass is 79.9. The summed E-state index contributed by atoms with van der Waals surface area (Å²) in [5.41, 5.74) is 0.925. The fourth-order valence-electron chi connectivity index (χ4n) is 2.31. The highest BCUT2D eigenvalue weighted by Crippen LogP contribution is 2.25. The summed E-state index contributed by atoms with van der Waals surface area (Å²) in [4.78, 5) is 14.0. The molecule has 0 heterocycles. The fourth-order valence-corrected chi connectivity index (χ4v) is 2.91. The molecule has 4 nitrogen and oxygen atoms in total. The van der Waals surface area contributed by atoms with Crippen molar-refractivity contribution >= 4 is 33.4 Å². The van der Waals surface area contributed by atoms with E-state index in [1.807, 2.05) is 43.3 Å². The van der Waals surface area contributed by atoms with Crippen LogP contribution in [0.5, 0.6) is 5.75 Å². The minimum Gasteiger partial charge on any atom is -0.481 e. The number of carbonyl (C=O) groups is 1. The highest BCUT2D eigenvalue weighted by Gasteiger charge is 2.18. The highest BCUT2D eigenvalue weighted by molar-refractivity contribution is 9.10. The van der Waals surface area contributed by atoms with E-state index in [2.05, 4.69) is 21.2 Å². The first-order valence-electron chi connectivity index (χ1n) is 7.64. The van der Waals surface area contributed by atoms with E-state index in [0.717, 1.165) is 5.56 Å². The van der Waals surface area contributed by atoms with Gasteiger partial charge in [0.2, 0.25) is 0 Å². The van der Waals surface area contributed by atoms with Crippen LogP contribution in [0.2, 0.25) is 5.02 Å². The Bertz CT molecular complexity index is 743. The van der Waals surface area contributed by atoms with E-state index in [1.165, 1.54) is 12.1 Å². The number of rotatable bonds is 7. The molecule has 2 rings (SSSR count). The number of hydrogen-bond acceptors (Lipinski definition) is 3. The Morgan fingerprint density at radius 3 is 2.68 bits per heavy atom. The lowest BCUT2D eigenvalue weighted by atomic mass is 10.1. The first kappa shape index (κ1) is 19.7. The third-order valence-corrected chi connectivity index (χ3v) is 4.47. The molecule has 1 N–H and O–H groups in total. The fraction of sp³-hybridized carbons (Fsp3) is 0.278. The molecule has 0 radical (unpaired) electrons. The molecule has 0 saturated heterocycles. The molecule has 2 aromatic rings. The van der Waals surface area contributed by atoms with Gasteiger partial charge in [-0.25, -0.2) is 4.39 Å². The second-order valence-electron chi connectivity index (χ2n) is 5.67. The Balaban J connectivity index is 1.92. The van der Waals surface area contributed by atoms with E-state index in [0.29, 0.717) is 16.0 Å². The van der Waals surface area contributed by atoms with Gasteiger partial charge in [0.15, 0.2) is 18.2 Å². The Morgan fingerprint density at radius 1 is 1.32 bits per heavy atom. The Labute approximate surface area is 160 Å². The summed E-state index contributed by atoms with van der Waals surface area (Å²) in [7, 11) is 3.82. The van der Waals surface area contributed by atoms with E-state index in [4.69, 9.17) is 16.3 Å². The van der Waals surface area contributed by atoms with Gasteiger partial charge in [0.05, 0.1) is 6.04 Å². The van der Waals surface area contributed by atoms with Crippen LogP contribution in [0.4, 0.5) is 4.39 Å². The number of hydrogen-bond donors (Lipinski definition) is 1. The van der Waals surface area contributed by atoms with Crippen molar-refractivity contribution in [1.82, 2.24) is 10.2 Å². The lowest BCUT2D eigenvalue weighted by Crippen LogP contribution is -2.37. The second kappa shape index (κ2) is 9.17. The first-order valence-corrected chi connectivity index (χ1v) is 8.81. The van der Waals surface area contributed by atoms with E-state index >= 15 is 0 Å². The molecule has 7 heteroatoms. The summed E-state index contributed by atoms with van der Waals surface area (Å²) in [6.07, 6.45) is 0. The Hall–Kier alpha value is -1.63. The van der Waals surface area contributed by atoms with Crippen LogP contribution in [0.3, 0.4) is 0 Å². The molecule has 134 valence electrons. The smallest absolute Gasteiger partial charge is 0.258 e. The van der Waals surface area contributed by atoms with E-state index in [9.17, 15) is 9.18 Å². The van der Waals surface area contributed by atoms with Crippen LogP contribution in [0.25, 0.3) is 0 Å². The van der Waals surface area contributed by atoms with Crippen LogP contribution in [0.1, 0.15) is 11.6 Å². The summed E-state index contributed by atoms with van der Waals surface area (Å²) in [5.74, 6) is -0.820. The normalized spacial score (nSPS) is 12.1. The summed E-state index contributed by atoms with van der Waals surface area (Å²) >= 11 is 9.41. The number of ether oxygens (including phenoxy) is 1. The molecule has 1 atom stereocenters. The molecule has 0 aliphatic carbocycles. The summed E-state index contributed by atoms with van der Waals surface area (Å²) in [5, 5.41) is 3.44. The van der Waals surface area contributed by atoms with Crippen molar-refractivity contribution in [2.45, 2.75) is 6.04 Å². The lowest BCUT2D eigenvalue weighted by molar-refractivity contribution is -0.123. The van der Waals surface area contributed by atoms with Gasteiger partial charge in [-0.2, -0.15) is 0 Å². The van der Waals surface area contributed by atoms with Crippen molar-refractivity contribution < 1.29 is 13.9 Å². The van der Waals surface area contributed by atoms with Crippen molar-refractivity contribution in [3.8, 4) is 5.75 Å². The van der Waals surface area contributed by atoms with Crippen molar-refractivity contribution in [2.24, 2.45) is 0 Å². The van der Waals surface area contributed by atoms with Gasteiger partial charge in [-0.3, -0.25) is 4.79 Å². The zero-order valence-corrected chi connectivity index (χ0v) is 16.3. The summed E-state index contributed by atoms with van der Waals surface area (Å²) < 4.78 is 19.5. The van der Waals surface area contributed by atoms with Crippen LogP contribution in [0, 0.1) is 5.82 Å². The first-order chi connectivity index (χ1) is 11.9. The van der Waals surface area contributed by atoms with Gasteiger partial charge in [0.25, 0.3) is 5.91 Å². The van der Waals surface area contributed by atoms with Gasteiger partial charge in [-0.05, 0) is 43.9 Å². The van der Waals surface area contributed by atoms with Crippen molar-refractivity contribution in [2.75, 3.05) is 27.2 Å². The molecule has 2 aromatic carbocycles. The molecule has 0 saturated carbocycles. The minimum absolute atomic E-state index is 0.0358. The number of carbonyl (C=O) groups excluding carboxylic acids is 1. The predicted molar refractivity (Wildman–Crippen MR) is 100 cm³/mol. The minimum atomic E-state index is -0.524. The van der Waals surface area contributed by atoms with E-state index < -0.39 is 5.82 Å². The van der Waals surface area contributed by atoms with Crippen LogP contribution in [-0.2, 0) is 4.79 Å². The number of nitrogens with zero attached hydrogens (tertiary/aromatic N) is 1. The largest absolute Gasteiger partial charge is 0.481 e. The molecule has 0 aromatic heterocycles. The predicted octanol–water partition coefficient (Wildman–Crippen LogP) is 4.04. The maximum Gasteiger partial charge on any atom is 0.258 e. The van der Waals surface area contributed by atoms with Gasteiger partial charge in [0, 0.05) is 16.0 Å². The second-order valence-corrected chi connectivity index (χ2v) is 6.99. The van der Waals surface area contributed by atoms with Gasteiger partial charge in [0.1, 0.15) is 0 Å². The molecule has 1 amide bonds. The third-order valence-electron chi connectivity index (χ3n) is 3.63. The van der Waals surface area contributed by atoms with Crippen LogP contribution in [0.15, 0.2) is 46.9 Å². The summed E-state index contributed by atoms with van der Waals surface area (Å²) in [6.45, 7) is 0.100. The van der Waals surface area contributed by atoms with Crippen LogP contribution >= 0.6 is 27.5 Å². The number of amides is 1. The molecular formula is C18H19BrClFN2O2. The number of benzene rings is 2. The van der Waals surface area contributed by atoms with E-state index in [-0.39, 0.29) is 24.3 Å². The van der Waals surface area contributed by atoms with Crippen molar-refractivity contribution in [3.05, 3.63) is 63.3 Å². The van der Waals surface area contributed by atoms with Gasteiger partial charge >= 0.3 is 0 Å². The quantitative estimate of drug-likeness (QED) is 0.722. The molecule has 0 aliphatic rings. The summed E-state index contributed by atoms with van der Waals surface area (Å²) in [6, 6.07) is 11.8. The molecular weight excluding hydrogens is 411 g/mol. The lowest BCUT2D eigenvalue weighted by Gasteiger charge is -2.26. The van der Waals surface area contributed by atoms with Crippen molar-refractivity contribution in [3.63, 3.8) is 0 Å². The standard InChI is InChI=1S/C18H19BrClFN2O2/c1-23(2)16(13-5-3-4-6-14(13)20)10-22-18(24)11-25-17-8-7-12(19)9-15(17)21/h3-9,16H,10-11H2,1-2H3,(H,22,24). The maximum atomic E-state index is 13.7. The van der Waals surface area contributed by atoms with E-state index in [1.54, 1.807) is 6.07 Å². The maximum absolute atomic E-state index is 13.7. The third kappa shape index (κ3) is 5.70. The Morgan fingerprint density at radius 2 is 2.04 bits per heavy atom. The number of nitrogens with one attached hydrogen (secondary N) is 1. The molecule has 0 aliphatic heterocycles. The van der Waals surface area contributed by atoms with Gasteiger partial charge in [-0.1, -0.05) is 45.7 Å².